The van der Waals surface area contributed by atoms with Gasteiger partial charge in [-0.05, 0) is 58.6 Å². The van der Waals surface area contributed by atoms with Crippen molar-refractivity contribution in [2.75, 3.05) is 19.6 Å². The van der Waals surface area contributed by atoms with E-state index >= 15 is 0 Å². The van der Waals surface area contributed by atoms with E-state index in [9.17, 15) is 19.8 Å². The SMILES string of the molecule is CC(C)(C)OC(=O)N[C@@H](Cc1ccccc1)[C@H](O)CNC[C@@H](O)[C@H](Cc1ccccc1)NN1CC(C)(C)OC1=O. The number of aliphatic hydroxyl groups is 2. The molecule has 0 unspecified atom stereocenters. The van der Waals surface area contributed by atoms with Crippen molar-refractivity contribution in [1.29, 1.82) is 0 Å². The van der Waals surface area contributed by atoms with Gasteiger partial charge in [0.15, 0.2) is 0 Å². The van der Waals surface area contributed by atoms with Crippen molar-refractivity contribution in [2.45, 2.75) is 83.0 Å². The van der Waals surface area contributed by atoms with Crippen molar-refractivity contribution < 1.29 is 29.3 Å². The molecule has 2 aromatic rings. The van der Waals surface area contributed by atoms with E-state index in [0.29, 0.717) is 19.4 Å². The lowest BCUT2D eigenvalue weighted by atomic mass is 10.00. The van der Waals surface area contributed by atoms with Gasteiger partial charge in [-0.2, -0.15) is 0 Å². The van der Waals surface area contributed by atoms with Crippen LogP contribution in [-0.2, 0) is 22.3 Å². The molecule has 5 N–H and O–H groups in total. The second-order valence-corrected chi connectivity index (χ2v) is 11.9. The van der Waals surface area contributed by atoms with Crippen LogP contribution in [0.5, 0.6) is 0 Å². The first-order valence-electron chi connectivity index (χ1n) is 13.7. The summed E-state index contributed by atoms with van der Waals surface area (Å²) in [6.07, 6.45) is -2.11. The summed E-state index contributed by atoms with van der Waals surface area (Å²) in [5.41, 5.74) is 3.78. The minimum absolute atomic E-state index is 0.112. The van der Waals surface area contributed by atoms with Gasteiger partial charge in [0, 0.05) is 13.1 Å². The number of aliphatic hydroxyl groups excluding tert-OH is 2. The van der Waals surface area contributed by atoms with E-state index in [-0.39, 0.29) is 13.1 Å². The maximum atomic E-state index is 12.5. The highest BCUT2D eigenvalue weighted by molar-refractivity contribution is 5.70. The summed E-state index contributed by atoms with van der Waals surface area (Å²) < 4.78 is 10.8. The summed E-state index contributed by atoms with van der Waals surface area (Å²) in [4.78, 5) is 24.9. The number of hydrogen-bond donors (Lipinski definition) is 5. The zero-order chi connectivity index (χ0) is 29.3. The Morgan fingerprint density at radius 1 is 0.950 bits per heavy atom. The Hall–Kier alpha value is -3.18. The molecule has 10 nitrogen and oxygen atoms in total. The van der Waals surface area contributed by atoms with Gasteiger partial charge in [-0.25, -0.2) is 20.0 Å². The normalized spacial score (nSPS) is 18.0. The summed E-state index contributed by atoms with van der Waals surface area (Å²) in [6.45, 7) is 9.58. The molecule has 10 heteroatoms. The van der Waals surface area contributed by atoms with Crippen molar-refractivity contribution in [3.05, 3.63) is 71.8 Å². The number of carbonyl (C=O) groups excluding carboxylic acids is 2. The minimum Gasteiger partial charge on any atom is -0.444 e. The molecule has 4 atom stereocenters. The third-order valence-corrected chi connectivity index (χ3v) is 6.38. The van der Waals surface area contributed by atoms with Gasteiger partial charge in [0.1, 0.15) is 11.2 Å². The Balaban J connectivity index is 1.62. The van der Waals surface area contributed by atoms with Crippen LogP contribution in [-0.4, -0.2) is 82.5 Å². The second kappa shape index (κ2) is 13.9. The fourth-order valence-electron chi connectivity index (χ4n) is 4.48. The second-order valence-electron chi connectivity index (χ2n) is 11.9. The lowest BCUT2D eigenvalue weighted by Crippen LogP contribution is -2.55. The molecule has 40 heavy (non-hydrogen) atoms. The molecule has 0 aliphatic carbocycles. The zero-order valence-electron chi connectivity index (χ0n) is 24.1. The maximum Gasteiger partial charge on any atom is 0.425 e. The summed E-state index contributed by atoms with van der Waals surface area (Å²) in [5.74, 6) is 0. The number of carbonyl (C=O) groups is 2. The Labute approximate surface area is 237 Å². The maximum absolute atomic E-state index is 12.5. The van der Waals surface area contributed by atoms with Gasteiger partial charge >= 0.3 is 12.2 Å². The van der Waals surface area contributed by atoms with Crippen molar-refractivity contribution in [3.63, 3.8) is 0 Å². The van der Waals surface area contributed by atoms with Crippen LogP contribution in [0.1, 0.15) is 45.7 Å². The third kappa shape index (κ3) is 10.4. The van der Waals surface area contributed by atoms with Gasteiger partial charge in [-0.3, -0.25) is 0 Å². The number of hydrazine groups is 1. The van der Waals surface area contributed by atoms with Crippen molar-refractivity contribution in [3.8, 4) is 0 Å². The summed E-state index contributed by atoms with van der Waals surface area (Å²) in [6, 6.07) is 18.1. The molecule has 2 aromatic carbocycles. The van der Waals surface area contributed by atoms with E-state index in [1.807, 2.05) is 74.5 Å². The van der Waals surface area contributed by atoms with Gasteiger partial charge in [0.2, 0.25) is 0 Å². The molecule has 2 amide bonds. The van der Waals surface area contributed by atoms with E-state index in [0.717, 1.165) is 11.1 Å². The van der Waals surface area contributed by atoms with E-state index < -0.39 is 47.7 Å². The third-order valence-electron chi connectivity index (χ3n) is 6.38. The van der Waals surface area contributed by atoms with Crippen molar-refractivity contribution >= 4 is 12.2 Å². The van der Waals surface area contributed by atoms with Crippen LogP contribution in [0.4, 0.5) is 9.59 Å². The fourth-order valence-corrected chi connectivity index (χ4v) is 4.48. The number of ether oxygens (including phenoxy) is 2. The highest BCUT2D eigenvalue weighted by Gasteiger charge is 2.39. The molecule has 0 aromatic heterocycles. The van der Waals surface area contributed by atoms with E-state index in [1.54, 1.807) is 20.8 Å². The predicted octanol–water partition coefficient (Wildman–Crippen LogP) is 2.78. The van der Waals surface area contributed by atoms with Crippen LogP contribution >= 0.6 is 0 Å². The van der Waals surface area contributed by atoms with Crippen LogP contribution in [0.3, 0.4) is 0 Å². The molecule has 1 aliphatic heterocycles. The molecule has 1 saturated heterocycles. The Bertz CT molecular complexity index is 1080. The monoisotopic (exact) mass is 556 g/mol. The molecule has 0 spiro atoms. The number of amides is 2. The Kier molecular flexibility index (Phi) is 10.9. The Morgan fingerprint density at radius 3 is 1.93 bits per heavy atom. The average molecular weight is 557 g/mol. The van der Waals surface area contributed by atoms with Gasteiger partial charge in [0.05, 0.1) is 30.8 Å². The zero-order valence-corrected chi connectivity index (χ0v) is 24.1. The minimum atomic E-state index is -0.963. The number of benzene rings is 2. The molecule has 0 saturated carbocycles. The molecule has 1 heterocycles. The van der Waals surface area contributed by atoms with E-state index in [2.05, 4.69) is 16.1 Å². The molecule has 0 bridgehead atoms. The largest absolute Gasteiger partial charge is 0.444 e. The lowest BCUT2D eigenvalue weighted by molar-refractivity contribution is 0.0410. The number of rotatable bonds is 13. The number of hydrogen-bond acceptors (Lipinski definition) is 8. The number of nitrogens with one attached hydrogen (secondary N) is 3. The standard InChI is InChI=1S/C30H44N4O6/c1-29(2,3)39-27(37)32-23(16-21-12-8-6-9-13-21)25(35)18-31-19-26(36)24(17-22-14-10-7-11-15-22)33-34-20-30(4,5)40-28(34)38/h6-15,23-26,31,33,35-36H,16-20H2,1-5H3,(H,32,37)/t23-,24-,25+,26+/m0/s1. The van der Waals surface area contributed by atoms with Crippen molar-refractivity contribution in [2.24, 2.45) is 0 Å². The lowest BCUT2D eigenvalue weighted by Gasteiger charge is -2.30. The van der Waals surface area contributed by atoms with Gasteiger partial charge in [-0.1, -0.05) is 60.7 Å². The molecular weight excluding hydrogens is 512 g/mol. The van der Waals surface area contributed by atoms with Gasteiger partial charge in [-0.15, -0.1) is 0 Å². The highest BCUT2D eigenvalue weighted by atomic mass is 16.6. The van der Waals surface area contributed by atoms with Crippen LogP contribution in [0, 0.1) is 0 Å². The van der Waals surface area contributed by atoms with Crippen molar-refractivity contribution in [1.82, 2.24) is 21.1 Å². The summed E-state index contributed by atoms with van der Waals surface area (Å²) >= 11 is 0. The fraction of sp³-hybridized carbons (Fsp3) is 0.533. The highest BCUT2D eigenvalue weighted by Crippen LogP contribution is 2.21. The smallest absolute Gasteiger partial charge is 0.425 e. The van der Waals surface area contributed by atoms with Crippen LogP contribution in [0.25, 0.3) is 0 Å². The number of cyclic esters (lactones) is 1. The number of nitrogens with zero attached hydrogens (tertiary/aromatic N) is 1. The van der Waals surface area contributed by atoms with Crippen LogP contribution in [0.2, 0.25) is 0 Å². The predicted molar refractivity (Wildman–Crippen MR) is 153 cm³/mol. The average Bonchev–Trinajstić information content (AvgIpc) is 3.13. The van der Waals surface area contributed by atoms with E-state index in [1.165, 1.54) is 5.01 Å². The van der Waals surface area contributed by atoms with E-state index in [4.69, 9.17) is 9.47 Å². The van der Waals surface area contributed by atoms with Crippen LogP contribution < -0.4 is 16.1 Å². The Morgan fingerprint density at radius 2 is 1.45 bits per heavy atom. The first kappa shape index (κ1) is 31.3. The molecule has 3 rings (SSSR count). The molecule has 0 radical (unpaired) electrons. The first-order valence-corrected chi connectivity index (χ1v) is 13.7. The van der Waals surface area contributed by atoms with Crippen LogP contribution in [0.15, 0.2) is 60.7 Å². The molecular formula is C30H44N4O6. The van der Waals surface area contributed by atoms with Gasteiger partial charge in [0.25, 0.3) is 0 Å². The topological polar surface area (TPSA) is 132 Å². The quantitative estimate of drug-likeness (QED) is 0.255. The molecule has 220 valence electrons. The number of alkyl carbamates (subject to hydrolysis) is 1. The summed E-state index contributed by atoms with van der Waals surface area (Å²) in [7, 11) is 0. The van der Waals surface area contributed by atoms with Gasteiger partial charge < -0.3 is 30.3 Å². The summed E-state index contributed by atoms with van der Waals surface area (Å²) in [5, 5.41) is 29.5. The molecule has 1 fully saturated rings. The molecule has 1 aliphatic rings. The first-order chi connectivity index (χ1) is 18.8.